The van der Waals surface area contributed by atoms with Crippen LogP contribution in [0, 0.1) is 18.6 Å². The van der Waals surface area contributed by atoms with Crippen molar-refractivity contribution in [3.8, 4) is 0 Å². The fraction of sp³-hybridized carbons (Fsp3) is 0.600. The van der Waals surface area contributed by atoms with E-state index in [1.807, 2.05) is 6.92 Å². The molecule has 2 rings (SSSR count). The molecule has 0 atom stereocenters. The normalized spacial score (nSPS) is 17.1. The van der Waals surface area contributed by atoms with Crippen LogP contribution in [-0.4, -0.2) is 38.4 Å². The Hall–Kier alpha value is -1.05. The van der Waals surface area contributed by atoms with Gasteiger partial charge in [-0.25, -0.2) is 17.2 Å². The highest BCUT2D eigenvalue weighted by molar-refractivity contribution is 7.89. The summed E-state index contributed by atoms with van der Waals surface area (Å²) in [7, 11) is -3.97. The van der Waals surface area contributed by atoms with Gasteiger partial charge in [-0.3, -0.25) is 0 Å². The van der Waals surface area contributed by atoms with E-state index in [0.717, 1.165) is 19.2 Å². The third-order valence-electron chi connectivity index (χ3n) is 3.96. The van der Waals surface area contributed by atoms with Crippen molar-refractivity contribution in [1.29, 1.82) is 0 Å². The smallest absolute Gasteiger partial charge is 0.246 e. The second-order valence-corrected chi connectivity index (χ2v) is 7.49. The Morgan fingerprint density at radius 2 is 1.86 bits per heavy atom. The van der Waals surface area contributed by atoms with Gasteiger partial charge < -0.3 is 5.32 Å². The molecule has 0 saturated carbocycles. The fourth-order valence-corrected chi connectivity index (χ4v) is 4.68. The highest BCUT2D eigenvalue weighted by Crippen LogP contribution is 2.26. The van der Waals surface area contributed by atoms with Gasteiger partial charge in [0.1, 0.15) is 16.5 Å². The molecule has 1 aromatic rings. The van der Waals surface area contributed by atoms with Crippen LogP contribution in [0.5, 0.6) is 0 Å². The van der Waals surface area contributed by atoms with E-state index in [1.54, 1.807) is 0 Å². The van der Waals surface area contributed by atoms with Crippen LogP contribution in [0.3, 0.4) is 0 Å². The molecular weight excluding hydrogens is 310 g/mol. The molecular formula is C15H22F2N2O2S. The molecule has 4 nitrogen and oxygen atoms in total. The van der Waals surface area contributed by atoms with Crippen molar-refractivity contribution in [2.24, 2.45) is 0 Å². The Morgan fingerprint density at radius 1 is 1.23 bits per heavy atom. The van der Waals surface area contributed by atoms with Crippen LogP contribution in [0.25, 0.3) is 0 Å². The quantitative estimate of drug-likeness (QED) is 0.901. The van der Waals surface area contributed by atoms with Gasteiger partial charge in [0, 0.05) is 18.7 Å². The standard InChI is InChI=1S/C15H22F2N2O2S/c1-3-8-19(12-4-6-18-7-5-12)22(20,21)15-9-11(2)13(16)10-14(15)17/h9-10,12,18H,3-8H2,1-2H3. The molecule has 1 aliphatic rings. The third-order valence-corrected chi connectivity index (χ3v) is 5.93. The molecule has 0 spiro atoms. The Balaban J connectivity index is 2.42. The first-order valence-electron chi connectivity index (χ1n) is 7.56. The second-order valence-electron chi connectivity index (χ2n) is 5.63. The molecule has 1 saturated heterocycles. The number of halogens is 2. The Morgan fingerprint density at radius 3 is 2.45 bits per heavy atom. The van der Waals surface area contributed by atoms with Crippen molar-refractivity contribution in [1.82, 2.24) is 9.62 Å². The Kier molecular flexibility index (Phi) is 5.52. The minimum Gasteiger partial charge on any atom is -0.317 e. The summed E-state index contributed by atoms with van der Waals surface area (Å²) in [5.41, 5.74) is 0.127. The van der Waals surface area contributed by atoms with Crippen molar-refractivity contribution in [2.75, 3.05) is 19.6 Å². The largest absolute Gasteiger partial charge is 0.317 e. The first kappa shape index (κ1) is 17.3. The number of rotatable bonds is 5. The SMILES string of the molecule is CCCN(C1CCNCC1)S(=O)(=O)c1cc(C)c(F)cc1F. The highest BCUT2D eigenvalue weighted by atomic mass is 32.2. The van der Waals surface area contributed by atoms with Gasteiger partial charge >= 0.3 is 0 Å². The summed E-state index contributed by atoms with van der Waals surface area (Å²) in [4.78, 5) is -0.432. The lowest BCUT2D eigenvalue weighted by Gasteiger charge is -2.33. The molecule has 7 heteroatoms. The number of nitrogens with zero attached hydrogens (tertiary/aromatic N) is 1. The average Bonchev–Trinajstić information content (AvgIpc) is 2.49. The number of aryl methyl sites for hydroxylation is 1. The summed E-state index contributed by atoms with van der Waals surface area (Å²) in [6.45, 7) is 5.14. The van der Waals surface area contributed by atoms with Crippen LogP contribution in [0.15, 0.2) is 17.0 Å². The maximum Gasteiger partial charge on any atom is 0.246 e. The molecule has 0 amide bonds. The molecule has 0 aliphatic carbocycles. The van der Waals surface area contributed by atoms with Crippen LogP contribution >= 0.6 is 0 Å². The summed E-state index contributed by atoms with van der Waals surface area (Å²) in [5.74, 6) is -1.77. The van der Waals surface area contributed by atoms with E-state index in [4.69, 9.17) is 0 Å². The number of piperidine rings is 1. The summed E-state index contributed by atoms with van der Waals surface area (Å²) in [6.07, 6.45) is 2.03. The minimum absolute atomic E-state index is 0.127. The lowest BCUT2D eigenvalue weighted by molar-refractivity contribution is 0.261. The number of sulfonamides is 1. The van der Waals surface area contributed by atoms with Gasteiger partial charge in [-0.05, 0) is 50.9 Å². The number of hydrogen-bond donors (Lipinski definition) is 1. The number of nitrogens with one attached hydrogen (secondary N) is 1. The van der Waals surface area contributed by atoms with Crippen LogP contribution in [0.2, 0.25) is 0 Å². The first-order chi connectivity index (χ1) is 10.4. The summed E-state index contributed by atoms with van der Waals surface area (Å²) < 4.78 is 54.5. The zero-order valence-corrected chi connectivity index (χ0v) is 13.7. The predicted octanol–water partition coefficient (Wildman–Crippen LogP) is 2.43. The Labute approximate surface area is 130 Å². The zero-order chi connectivity index (χ0) is 16.3. The molecule has 0 unspecified atom stereocenters. The molecule has 1 N–H and O–H groups in total. The molecule has 124 valence electrons. The van der Waals surface area contributed by atoms with E-state index in [1.165, 1.54) is 11.2 Å². The van der Waals surface area contributed by atoms with E-state index in [2.05, 4.69) is 5.32 Å². The van der Waals surface area contributed by atoms with E-state index in [9.17, 15) is 17.2 Å². The van der Waals surface area contributed by atoms with Crippen LogP contribution in [0.1, 0.15) is 31.7 Å². The highest BCUT2D eigenvalue weighted by Gasteiger charge is 2.33. The molecule has 1 aliphatic heterocycles. The topological polar surface area (TPSA) is 49.4 Å². The molecule has 0 bridgehead atoms. The molecule has 1 aromatic carbocycles. The predicted molar refractivity (Wildman–Crippen MR) is 81.2 cm³/mol. The van der Waals surface area contributed by atoms with Crippen molar-refractivity contribution in [3.63, 3.8) is 0 Å². The maximum absolute atomic E-state index is 14.0. The molecule has 1 heterocycles. The van der Waals surface area contributed by atoms with Crippen LogP contribution in [0.4, 0.5) is 8.78 Å². The monoisotopic (exact) mass is 332 g/mol. The summed E-state index contributed by atoms with van der Waals surface area (Å²) in [6, 6.07) is 1.59. The third kappa shape index (κ3) is 3.47. The number of hydrogen-bond acceptors (Lipinski definition) is 3. The maximum atomic E-state index is 14.0. The van der Waals surface area contributed by atoms with Gasteiger partial charge in [0.15, 0.2) is 0 Å². The number of benzene rings is 1. The van der Waals surface area contributed by atoms with E-state index >= 15 is 0 Å². The molecule has 0 aromatic heterocycles. The first-order valence-corrected chi connectivity index (χ1v) is 9.00. The van der Waals surface area contributed by atoms with Crippen LogP contribution < -0.4 is 5.32 Å². The van der Waals surface area contributed by atoms with Gasteiger partial charge in [-0.15, -0.1) is 0 Å². The fourth-order valence-electron chi connectivity index (χ4n) is 2.77. The Bertz CT molecular complexity index is 629. The minimum atomic E-state index is -3.97. The summed E-state index contributed by atoms with van der Waals surface area (Å²) in [5, 5.41) is 3.19. The van der Waals surface area contributed by atoms with E-state index in [0.29, 0.717) is 31.9 Å². The van der Waals surface area contributed by atoms with Crippen molar-refractivity contribution < 1.29 is 17.2 Å². The zero-order valence-electron chi connectivity index (χ0n) is 12.9. The molecule has 1 fully saturated rings. The van der Waals surface area contributed by atoms with Gasteiger partial charge in [-0.2, -0.15) is 4.31 Å². The van der Waals surface area contributed by atoms with E-state index < -0.39 is 26.6 Å². The lowest BCUT2D eigenvalue weighted by atomic mass is 10.1. The van der Waals surface area contributed by atoms with Crippen LogP contribution in [-0.2, 0) is 10.0 Å². The van der Waals surface area contributed by atoms with Gasteiger partial charge in [0.2, 0.25) is 10.0 Å². The summed E-state index contributed by atoms with van der Waals surface area (Å²) >= 11 is 0. The molecule has 0 radical (unpaired) electrons. The second kappa shape index (κ2) is 7.02. The van der Waals surface area contributed by atoms with Gasteiger partial charge in [0.25, 0.3) is 0 Å². The van der Waals surface area contributed by atoms with Crippen molar-refractivity contribution in [3.05, 3.63) is 29.3 Å². The van der Waals surface area contributed by atoms with Crippen molar-refractivity contribution in [2.45, 2.75) is 44.0 Å². The average molecular weight is 332 g/mol. The van der Waals surface area contributed by atoms with Gasteiger partial charge in [-0.1, -0.05) is 6.92 Å². The van der Waals surface area contributed by atoms with Gasteiger partial charge in [0.05, 0.1) is 0 Å². The van der Waals surface area contributed by atoms with Crippen molar-refractivity contribution >= 4 is 10.0 Å². The molecule has 22 heavy (non-hydrogen) atoms. The van der Waals surface area contributed by atoms with E-state index in [-0.39, 0.29) is 11.6 Å². The lowest BCUT2D eigenvalue weighted by Crippen LogP contribution is -2.46.